The van der Waals surface area contributed by atoms with Crippen molar-refractivity contribution in [3.8, 4) is 11.5 Å². The average molecular weight is 223 g/mol. The zero-order chi connectivity index (χ0) is 12.1. The maximum atomic E-state index is 9.67. The van der Waals surface area contributed by atoms with E-state index in [2.05, 4.69) is 19.2 Å². The molecule has 1 unspecified atom stereocenters. The minimum absolute atomic E-state index is 0.0932. The molecule has 3 N–H and O–H groups in total. The van der Waals surface area contributed by atoms with Gasteiger partial charge in [0.15, 0.2) is 0 Å². The molecule has 90 valence electrons. The Bertz CT molecular complexity index is 337. The number of nitrogens with one attached hydrogen (secondary N) is 1. The second-order valence-electron chi connectivity index (χ2n) is 4.60. The lowest BCUT2D eigenvalue weighted by Gasteiger charge is -2.16. The first-order valence-corrected chi connectivity index (χ1v) is 5.76. The topological polar surface area (TPSA) is 52.5 Å². The third-order valence-corrected chi connectivity index (χ3v) is 2.65. The van der Waals surface area contributed by atoms with E-state index in [0.717, 1.165) is 18.5 Å². The standard InChI is InChI=1S/C13H21NO2/c1-9(2)6-7-14-10(3)12-5-4-11(15)8-13(12)16/h4-5,8-10,14-16H,6-7H2,1-3H3. The van der Waals surface area contributed by atoms with Crippen molar-refractivity contribution in [2.45, 2.75) is 33.2 Å². The fraction of sp³-hybridized carbons (Fsp3) is 0.538. The molecule has 0 saturated carbocycles. The van der Waals surface area contributed by atoms with E-state index in [1.165, 1.54) is 6.07 Å². The quantitative estimate of drug-likeness (QED) is 0.719. The van der Waals surface area contributed by atoms with Gasteiger partial charge < -0.3 is 15.5 Å². The summed E-state index contributed by atoms with van der Waals surface area (Å²) >= 11 is 0. The molecule has 0 heterocycles. The van der Waals surface area contributed by atoms with Crippen molar-refractivity contribution >= 4 is 0 Å². The molecule has 0 fully saturated rings. The Kier molecular flexibility index (Phi) is 4.62. The number of hydrogen-bond donors (Lipinski definition) is 3. The Hall–Kier alpha value is -1.22. The molecule has 1 aromatic rings. The van der Waals surface area contributed by atoms with Gasteiger partial charge in [0.1, 0.15) is 11.5 Å². The number of phenolic OH excluding ortho intramolecular Hbond substituents is 2. The van der Waals surface area contributed by atoms with E-state index in [4.69, 9.17) is 0 Å². The number of rotatable bonds is 5. The molecule has 0 aliphatic rings. The Balaban J connectivity index is 2.55. The van der Waals surface area contributed by atoms with Crippen LogP contribution in [-0.2, 0) is 0 Å². The molecule has 16 heavy (non-hydrogen) atoms. The smallest absolute Gasteiger partial charge is 0.124 e. The Morgan fingerprint density at radius 2 is 1.88 bits per heavy atom. The molecule has 3 nitrogen and oxygen atoms in total. The van der Waals surface area contributed by atoms with Crippen LogP contribution in [0, 0.1) is 5.92 Å². The van der Waals surface area contributed by atoms with Gasteiger partial charge >= 0.3 is 0 Å². The highest BCUT2D eigenvalue weighted by molar-refractivity contribution is 5.40. The van der Waals surface area contributed by atoms with Crippen molar-refractivity contribution in [1.29, 1.82) is 0 Å². The molecule has 0 radical (unpaired) electrons. The van der Waals surface area contributed by atoms with Crippen LogP contribution in [0.5, 0.6) is 11.5 Å². The number of hydrogen-bond acceptors (Lipinski definition) is 3. The van der Waals surface area contributed by atoms with Gasteiger partial charge in [-0.1, -0.05) is 19.9 Å². The summed E-state index contributed by atoms with van der Waals surface area (Å²) in [5, 5.41) is 22.2. The molecule has 1 rings (SSSR count). The SMILES string of the molecule is CC(C)CCNC(C)c1ccc(O)cc1O. The van der Waals surface area contributed by atoms with Crippen LogP contribution in [0.4, 0.5) is 0 Å². The second-order valence-corrected chi connectivity index (χ2v) is 4.60. The van der Waals surface area contributed by atoms with Gasteiger partial charge in [-0.25, -0.2) is 0 Å². The van der Waals surface area contributed by atoms with Crippen LogP contribution < -0.4 is 5.32 Å². The second kappa shape index (κ2) is 5.75. The van der Waals surface area contributed by atoms with Crippen molar-refractivity contribution in [3.05, 3.63) is 23.8 Å². The van der Waals surface area contributed by atoms with Gasteiger partial charge in [-0.3, -0.25) is 0 Å². The Morgan fingerprint density at radius 3 is 2.44 bits per heavy atom. The summed E-state index contributed by atoms with van der Waals surface area (Å²) in [7, 11) is 0. The molecule has 0 aliphatic heterocycles. The van der Waals surface area contributed by atoms with Gasteiger partial charge in [-0.2, -0.15) is 0 Å². The monoisotopic (exact) mass is 223 g/mol. The van der Waals surface area contributed by atoms with Gasteiger partial charge in [0.2, 0.25) is 0 Å². The van der Waals surface area contributed by atoms with Crippen LogP contribution in [-0.4, -0.2) is 16.8 Å². The Labute approximate surface area is 97.1 Å². The predicted molar refractivity (Wildman–Crippen MR) is 65.6 cm³/mol. The van der Waals surface area contributed by atoms with Crippen molar-refractivity contribution < 1.29 is 10.2 Å². The molecule has 0 aliphatic carbocycles. The average Bonchev–Trinajstić information content (AvgIpc) is 2.16. The van der Waals surface area contributed by atoms with Gasteiger partial charge in [0.25, 0.3) is 0 Å². The lowest BCUT2D eigenvalue weighted by molar-refractivity contribution is 0.432. The molecule has 1 atom stereocenters. The normalized spacial score (nSPS) is 13.0. The summed E-state index contributed by atoms with van der Waals surface area (Å²) in [5.41, 5.74) is 0.821. The zero-order valence-electron chi connectivity index (χ0n) is 10.2. The summed E-state index contributed by atoms with van der Waals surface area (Å²) in [6, 6.07) is 4.81. The highest BCUT2D eigenvalue weighted by Crippen LogP contribution is 2.27. The van der Waals surface area contributed by atoms with Crippen molar-refractivity contribution in [2.75, 3.05) is 6.54 Å². The lowest BCUT2D eigenvalue weighted by atomic mass is 10.1. The van der Waals surface area contributed by atoms with Crippen LogP contribution in [0.15, 0.2) is 18.2 Å². The van der Waals surface area contributed by atoms with E-state index in [9.17, 15) is 10.2 Å². The van der Waals surface area contributed by atoms with Crippen LogP contribution in [0.25, 0.3) is 0 Å². The van der Waals surface area contributed by atoms with E-state index in [0.29, 0.717) is 5.92 Å². The summed E-state index contributed by atoms with van der Waals surface area (Å²) in [6.07, 6.45) is 1.11. The van der Waals surface area contributed by atoms with Gasteiger partial charge in [-0.15, -0.1) is 0 Å². The molecule has 0 aromatic heterocycles. The summed E-state index contributed by atoms with van der Waals surface area (Å²) in [5.74, 6) is 0.910. The highest BCUT2D eigenvalue weighted by Gasteiger charge is 2.10. The first-order valence-electron chi connectivity index (χ1n) is 5.76. The number of benzene rings is 1. The summed E-state index contributed by atoms with van der Waals surface area (Å²) in [4.78, 5) is 0. The van der Waals surface area contributed by atoms with E-state index in [1.54, 1.807) is 12.1 Å². The molecule has 3 heteroatoms. The maximum absolute atomic E-state index is 9.67. The maximum Gasteiger partial charge on any atom is 0.124 e. The third kappa shape index (κ3) is 3.74. The molecule has 0 saturated heterocycles. The molecular weight excluding hydrogens is 202 g/mol. The lowest BCUT2D eigenvalue weighted by Crippen LogP contribution is -2.21. The van der Waals surface area contributed by atoms with Crippen molar-refractivity contribution in [1.82, 2.24) is 5.32 Å². The van der Waals surface area contributed by atoms with Crippen LogP contribution >= 0.6 is 0 Å². The largest absolute Gasteiger partial charge is 0.508 e. The van der Waals surface area contributed by atoms with E-state index in [1.807, 2.05) is 6.92 Å². The molecule has 0 bridgehead atoms. The highest BCUT2D eigenvalue weighted by atomic mass is 16.3. The van der Waals surface area contributed by atoms with Crippen molar-refractivity contribution in [2.24, 2.45) is 5.92 Å². The first kappa shape index (κ1) is 12.8. The van der Waals surface area contributed by atoms with Crippen molar-refractivity contribution in [3.63, 3.8) is 0 Å². The van der Waals surface area contributed by atoms with Crippen LogP contribution in [0.3, 0.4) is 0 Å². The zero-order valence-corrected chi connectivity index (χ0v) is 10.2. The third-order valence-electron chi connectivity index (χ3n) is 2.65. The summed E-state index contributed by atoms with van der Waals surface area (Å²) < 4.78 is 0. The molecule has 0 amide bonds. The van der Waals surface area contributed by atoms with Gasteiger partial charge in [0, 0.05) is 17.7 Å². The van der Waals surface area contributed by atoms with E-state index >= 15 is 0 Å². The minimum atomic E-state index is 0.0932. The minimum Gasteiger partial charge on any atom is -0.508 e. The molecular formula is C13H21NO2. The first-order chi connectivity index (χ1) is 7.50. The van der Waals surface area contributed by atoms with E-state index in [-0.39, 0.29) is 17.5 Å². The van der Waals surface area contributed by atoms with Crippen LogP contribution in [0.1, 0.15) is 38.8 Å². The fourth-order valence-electron chi connectivity index (χ4n) is 1.60. The summed E-state index contributed by atoms with van der Waals surface area (Å²) in [6.45, 7) is 7.31. The van der Waals surface area contributed by atoms with E-state index < -0.39 is 0 Å². The van der Waals surface area contributed by atoms with Gasteiger partial charge in [0.05, 0.1) is 0 Å². The Morgan fingerprint density at radius 1 is 1.19 bits per heavy atom. The van der Waals surface area contributed by atoms with Crippen LogP contribution in [0.2, 0.25) is 0 Å². The number of aromatic hydroxyl groups is 2. The predicted octanol–water partition coefficient (Wildman–Crippen LogP) is 2.79. The number of phenols is 2. The molecule has 1 aromatic carbocycles. The van der Waals surface area contributed by atoms with Gasteiger partial charge in [-0.05, 0) is 31.9 Å². The molecule has 0 spiro atoms. The fourth-order valence-corrected chi connectivity index (χ4v) is 1.60.